The molecule has 27 heavy (non-hydrogen) atoms. The molecule has 0 saturated heterocycles. The first kappa shape index (κ1) is 18.8. The number of thiazole rings is 1. The van der Waals surface area contributed by atoms with E-state index < -0.39 is 17.8 Å². The summed E-state index contributed by atoms with van der Waals surface area (Å²) in [5, 5.41) is 6.60. The molecule has 0 aromatic carbocycles. The average Bonchev–Trinajstić information content (AvgIpc) is 3.26. The Labute approximate surface area is 155 Å². The summed E-state index contributed by atoms with van der Waals surface area (Å²) in [6.45, 7) is 0.130. The van der Waals surface area contributed by atoms with Crippen molar-refractivity contribution >= 4 is 17.2 Å². The molecule has 0 atom stereocenters. The summed E-state index contributed by atoms with van der Waals surface area (Å²) >= 11 is 1.34. The van der Waals surface area contributed by atoms with E-state index >= 15 is 0 Å². The molecular formula is C16H14F3N5O2S. The van der Waals surface area contributed by atoms with Crippen LogP contribution in [0.3, 0.4) is 0 Å². The molecule has 1 amide bonds. The van der Waals surface area contributed by atoms with Gasteiger partial charge in [-0.1, -0.05) is 0 Å². The summed E-state index contributed by atoms with van der Waals surface area (Å²) in [4.78, 5) is 21.2. The van der Waals surface area contributed by atoms with Crippen molar-refractivity contribution in [1.82, 2.24) is 25.1 Å². The zero-order chi connectivity index (χ0) is 19.6. The van der Waals surface area contributed by atoms with E-state index in [1.54, 1.807) is 24.5 Å². The van der Waals surface area contributed by atoms with Crippen molar-refractivity contribution in [2.24, 2.45) is 7.05 Å². The number of nitrogens with one attached hydrogen (secondary N) is 1. The molecule has 3 heterocycles. The number of alkyl halides is 3. The molecule has 0 aliphatic carbocycles. The van der Waals surface area contributed by atoms with Crippen molar-refractivity contribution in [3.05, 3.63) is 46.9 Å². The molecule has 3 aromatic heterocycles. The predicted octanol–water partition coefficient (Wildman–Crippen LogP) is 2.90. The maximum atomic E-state index is 12.7. The Morgan fingerprint density at radius 3 is 2.78 bits per heavy atom. The lowest BCUT2D eigenvalue weighted by Gasteiger charge is -2.03. The Hall–Kier alpha value is -2.95. The topological polar surface area (TPSA) is 81.9 Å². The highest BCUT2D eigenvalue weighted by atomic mass is 32.1. The molecular weight excluding hydrogens is 383 g/mol. The van der Waals surface area contributed by atoms with Crippen LogP contribution in [0.2, 0.25) is 0 Å². The van der Waals surface area contributed by atoms with Gasteiger partial charge in [0.2, 0.25) is 5.88 Å². The first-order valence-corrected chi connectivity index (χ1v) is 8.44. The maximum absolute atomic E-state index is 12.7. The Kier molecular flexibility index (Phi) is 5.13. The van der Waals surface area contributed by atoms with Crippen LogP contribution >= 0.6 is 11.3 Å². The summed E-state index contributed by atoms with van der Waals surface area (Å²) in [6.07, 6.45) is -1.41. The fourth-order valence-electron chi connectivity index (χ4n) is 2.25. The largest absolute Gasteiger partial charge is 0.481 e. The number of hydrogen-bond acceptors (Lipinski definition) is 6. The van der Waals surface area contributed by atoms with Crippen molar-refractivity contribution in [1.29, 1.82) is 0 Å². The number of rotatable bonds is 5. The van der Waals surface area contributed by atoms with Crippen LogP contribution in [0.1, 0.15) is 21.1 Å². The molecule has 0 saturated carbocycles. The van der Waals surface area contributed by atoms with Gasteiger partial charge in [0.15, 0.2) is 5.69 Å². The van der Waals surface area contributed by atoms with Crippen LogP contribution in [0.15, 0.2) is 30.6 Å². The smallest absolute Gasteiger partial charge is 0.435 e. The number of hydrogen-bond donors (Lipinski definition) is 1. The van der Waals surface area contributed by atoms with Gasteiger partial charge in [0.05, 0.1) is 13.7 Å². The fourth-order valence-corrected chi connectivity index (χ4v) is 3.10. The number of nitrogens with zero attached hydrogens (tertiary/aromatic N) is 4. The second-order valence-corrected chi connectivity index (χ2v) is 6.55. The van der Waals surface area contributed by atoms with Crippen molar-refractivity contribution in [2.45, 2.75) is 12.7 Å². The first-order valence-electron chi connectivity index (χ1n) is 7.62. The fraction of sp³-hybridized carbons (Fsp3) is 0.250. The summed E-state index contributed by atoms with van der Waals surface area (Å²) < 4.78 is 44.0. The van der Waals surface area contributed by atoms with E-state index in [-0.39, 0.29) is 12.2 Å². The van der Waals surface area contributed by atoms with Crippen LogP contribution in [0.25, 0.3) is 10.6 Å². The summed E-state index contributed by atoms with van der Waals surface area (Å²) in [6, 6.07) is 4.23. The minimum atomic E-state index is -4.60. The van der Waals surface area contributed by atoms with Crippen LogP contribution in [0.5, 0.6) is 5.88 Å². The Bertz CT molecular complexity index is 967. The highest BCUT2D eigenvalue weighted by Gasteiger charge is 2.35. The van der Waals surface area contributed by atoms with Gasteiger partial charge in [-0.2, -0.15) is 18.3 Å². The van der Waals surface area contributed by atoms with Crippen LogP contribution in [0, 0.1) is 0 Å². The van der Waals surface area contributed by atoms with E-state index in [4.69, 9.17) is 4.74 Å². The molecule has 0 unspecified atom stereocenters. The molecule has 0 spiro atoms. The van der Waals surface area contributed by atoms with Gasteiger partial charge in [0, 0.05) is 42.0 Å². The Morgan fingerprint density at radius 1 is 1.33 bits per heavy atom. The molecule has 0 aliphatic rings. The van der Waals surface area contributed by atoms with E-state index in [1.807, 2.05) is 0 Å². The van der Waals surface area contributed by atoms with Gasteiger partial charge < -0.3 is 10.1 Å². The highest BCUT2D eigenvalue weighted by molar-refractivity contribution is 7.15. The third-order valence-corrected chi connectivity index (χ3v) is 4.62. The van der Waals surface area contributed by atoms with Crippen molar-refractivity contribution in [2.75, 3.05) is 7.11 Å². The minimum absolute atomic E-state index is 0.130. The molecule has 3 aromatic rings. The second-order valence-electron chi connectivity index (χ2n) is 5.44. The third kappa shape index (κ3) is 4.25. The van der Waals surface area contributed by atoms with Gasteiger partial charge in [-0.15, -0.1) is 11.3 Å². The zero-order valence-corrected chi connectivity index (χ0v) is 15.1. The average molecular weight is 397 g/mol. The van der Waals surface area contributed by atoms with E-state index in [1.165, 1.54) is 25.5 Å². The van der Waals surface area contributed by atoms with Gasteiger partial charge in [0.1, 0.15) is 10.7 Å². The molecule has 0 fully saturated rings. The quantitative estimate of drug-likeness (QED) is 0.716. The SMILES string of the molecule is COc1cc(-c2ncc(CNC(=O)c3cc(C(F)(F)F)nn3C)s2)ccn1. The standard InChI is InChI=1S/C16H14F3N5O2S/c1-24-11(6-12(23-24)16(17,18)19)14(25)21-7-10-8-22-15(27-10)9-3-4-20-13(5-9)26-2/h3-6,8H,7H2,1-2H3,(H,21,25). The molecule has 3 rings (SSSR count). The minimum Gasteiger partial charge on any atom is -0.481 e. The molecule has 1 N–H and O–H groups in total. The lowest BCUT2D eigenvalue weighted by atomic mass is 10.3. The van der Waals surface area contributed by atoms with Gasteiger partial charge in [-0.25, -0.2) is 9.97 Å². The van der Waals surface area contributed by atoms with Gasteiger partial charge in [-0.05, 0) is 6.07 Å². The van der Waals surface area contributed by atoms with E-state index in [9.17, 15) is 18.0 Å². The predicted molar refractivity (Wildman–Crippen MR) is 91.3 cm³/mol. The Morgan fingerprint density at radius 2 is 2.11 bits per heavy atom. The van der Waals surface area contributed by atoms with Crippen LogP contribution in [0.4, 0.5) is 13.2 Å². The number of amides is 1. The van der Waals surface area contributed by atoms with Gasteiger partial charge >= 0.3 is 6.18 Å². The monoisotopic (exact) mass is 397 g/mol. The summed E-state index contributed by atoms with van der Waals surface area (Å²) in [5.74, 6) is -0.199. The van der Waals surface area contributed by atoms with Crippen LogP contribution < -0.4 is 10.1 Å². The van der Waals surface area contributed by atoms with Crippen molar-refractivity contribution in [3.8, 4) is 16.5 Å². The number of pyridine rings is 1. The number of aromatic nitrogens is 4. The van der Waals surface area contributed by atoms with Crippen LogP contribution in [-0.2, 0) is 19.8 Å². The number of carbonyl (C=O) groups excluding carboxylic acids is 1. The number of aryl methyl sites for hydroxylation is 1. The molecule has 7 nitrogen and oxygen atoms in total. The number of carbonyl (C=O) groups is 1. The third-order valence-electron chi connectivity index (χ3n) is 3.57. The zero-order valence-electron chi connectivity index (χ0n) is 14.2. The normalized spacial score (nSPS) is 11.4. The molecule has 0 bridgehead atoms. The number of methoxy groups -OCH3 is 1. The second kappa shape index (κ2) is 7.35. The molecule has 142 valence electrons. The number of halogens is 3. The van der Waals surface area contributed by atoms with Gasteiger partial charge in [0.25, 0.3) is 5.91 Å². The maximum Gasteiger partial charge on any atom is 0.435 e. The van der Waals surface area contributed by atoms with Crippen molar-refractivity contribution in [3.63, 3.8) is 0 Å². The van der Waals surface area contributed by atoms with E-state index in [0.717, 1.165) is 21.2 Å². The highest BCUT2D eigenvalue weighted by Crippen LogP contribution is 2.29. The molecule has 11 heteroatoms. The van der Waals surface area contributed by atoms with Crippen molar-refractivity contribution < 1.29 is 22.7 Å². The molecule has 0 aliphatic heterocycles. The molecule has 0 radical (unpaired) electrons. The van der Waals surface area contributed by atoms with Gasteiger partial charge in [-0.3, -0.25) is 9.48 Å². The summed E-state index contributed by atoms with van der Waals surface area (Å²) in [7, 11) is 2.79. The van der Waals surface area contributed by atoms with E-state index in [0.29, 0.717) is 10.9 Å². The Balaban J connectivity index is 1.68. The van der Waals surface area contributed by atoms with E-state index in [2.05, 4.69) is 20.4 Å². The lowest BCUT2D eigenvalue weighted by molar-refractivity contribution is -0.141. The van der Waals surface area contributed by atoms with Crippen LogP contribution in [-0.4, -0.2) is 32.8 Å². The first-order chi connectivity index (χ1) is 12.8. The summed E-state index contributed by atoms with van der Waals surface area (Å²) in [5.41, 5.74) is -0.473. The lowest BCUT2D eigenvalue weighted by Crippen LogP contribution is -2.24. The number of ether oxygens (including phenoxy) is 1.